The summed E-state index contributed by atoms with van der Waals surface area (Å²) in [5.74, 6) is -3.51. The van der Waals surface area contributed by atoms with Gasteiger partial charge in [0.15, 0.2) is 5.82 Å². The molecule has 2 aromatic rings. The number of anilines is 3. The number of hydrogen-bond acceptors (Lipinski definition) is 6. The third-order valence-electron chi connectivity index (χ3n) is 5.37. The molecule has 3 heterocycles. The highest BCUT2D eigenvalue weighted by Gasteiger charge is 2.48. The number of nitrogens with one attached hydrogen (secondary N) is 2. The molecule has 35 heavy (non-hydrogen) atoms. The molecule has 1 fully saturated rings. The van der Waals surface area contributed by atoms with Crippen molar-refractivity contribution in [1.82, 2.24) is 19.4 Å². The number of pyridine rings is 1. The third-order valence-corrected chi connectivity index (χ3v) is 5.37. The van der Waals surface area contributed by atoms with Gasteiger partial charge < -0.3 is 25.0 Å². The maximum Gasteiger partial charge on any atom is 0.417 e. The van der Waals surface area contributed by atoms with E-state index in [9.17, 15) is 36.3 Å². The predicted molar refractivity (Wildman–Crippen MR) is 115 cm³/mol. The van der Waals surface area contributed by atoms with E-state index in [0.717, 1.165) is 14.1 Å². The number of urea groups is 1. The monoisotopic (exact) mass is 503 g/mol. The third kappa shape index (κ3) is 5.84. The fourth-order valence-electron chi connectivity index (χ4n) is 3.63. The SMILES string of the molecule is CC(=O)Nc1cnc(N2CC[C@H](N(C)C(=O)Nc3cc(C(F)(F)F)cn(C)c3=O)C(F)(F)C2)cn1. The van der Waals surface area contributed by atoms with Crippen molar-refractivity contribution in [2.24, 2.45) is 7.05 Å². The normalized spacial score (nSPS) is 17.6. The quantitative estimate of drug-likeness (QED) is 0.621. The number of aromatic nitrogens is 3. The first-order valence-corrected chi connectivity index (χ1v) is 10.2. The van der Waals surface area contributed by atoms with E-state index < -0.39 is 47.5 Å². The number of nitrogens with zero attached hydrogens (tertiary/aromatic N) is 5. The Morgan fingerprint density at radius 3 is 2.43 bits per heavy atom. The van der Waals surface area contributed by atoms with Crippen LogP contribution in [0.1, 0.15) is 18.9 Å². The Balaban J connectivity index is 1.72. The smallest absolute Gasteiger partial charge is 0.349 e. The number of aryl methyl sites for hydroxylation is 1. The fraction of sp³-hybridized carbons (Fsp3) is 0.450. The molecule has 2 N–H and O–H groups in total. The van der Waals surface area contributed by atoms with E-state index in [1.807, 2.05) is 5.32 Å². The summed E-state index contributed by atoms with van der Waals surface area (Å²) in [4.78, 5) is 45.7. The zero-order chi connectivity index (χ0) is 26.1. The van der Waals surface area contributed by atoms with E-state index in [1.54, 1.807) is 0 Å². The molecule has 0 unspecified atom stereocenters. The molecule has 1 aliphatic heterocycles. The highest BCUT2D eigenvalue weighted by Crippen LogP contribution is 2.33. The molecule has 0 bridgehead atoms. The molecule has 1 aliphatic rings. The van der Waals surface area contributed by atoms with Gasteiger partial charge in [0, 0.05) is 33.8 Å². The number of carbonyl (C=O) groups is 2. The molecule has 0 saturated carbocycles. The van der Waals surface area contributed by atoms with Crippen molar-refractivity contribution in [2.45, 2.75) is 31.5 Å². The van der Waals surface area contributed by atoms with Crippen LogP contribution in [0, 0.1) is 0 Å². The van der Waals surface area contributed by atoms with Gasteiger partial charge in [-0.3, -0.25) is 9.59 Å². The number of rotatable bonds is 4. The van der Waals surface area contributed by atoms with E-state index in [1.165, 1.54) is 24.2 Å². The molecular weight excluding hydrogens is 481 g/mol. The first kappa shape index (κ1) is 25.8. The largest absolute Gasteiger partial charge is 0.417 e. The van der Waals surface area contributed by atoms with Crippen LogP contribution in [0.2, 0.25) is 0 Å². The number of hydrogen-bond donors (Lipinski definition) is 2. The molecule has 15 heteroatoms. The van der Waals surface area contributed by atoms with E-state index in [2.05, 4.69) is 15.3 Å². The van der Waals surface area contributed by atoms with Crippen LogP contribution in [0.5, 0.6) is 0 Å². The maximum absolute atomic E-state index is 15.0. The van der Waals surface area contributed by atoms with Crippen molar-refractivity contribution in [3.63, 3.8) is 0 Å². The topological polar surface area (TPSA) is 112 Å². The summed E-state index contributed by atoms with van der Waals surface area (Å²) in [6.45, 7) is 0.532. The molecule has 0 radical (unpaired) electrons. The minimum atomic E-state index is -4.78. The van der Waals surface area contributed by atoms with Crippen LogP contribution in [0.3, 0.4) is 0 Å². The van der Waals surface area contributed by atoms with Gasteiger partial charge in [-0.2, -0.15) is 13.2 Å². The Morgan fingerprint density at radius 1 is 1.20 bits per heavy atom. The second kappa shape index (κ2) is 9.46. The van der Waals surface area contributed by atoms with Gasteiger partial charge in [-0.15, -0.1) is 0 Å². The van der Waals surface area contributed by atoms with Crippen LogP contribution in [0.15, 0.2) is 29.5 Å². The minimum Gasteiger partial charge on any atom is -0.349 e. The summed E-state index contributed by atoms with van der Waals surface area (Å²) in [7, 11) is 2.15. The Labute approximate surface area is 195 Å². The van der Waals surface area contributed by atoms with E-state index >= 15 is 0 Å². The van der Waals surface area contributed by atoms with Gasteiger partial charge >= 0.3 is 12.2 Å². The van der Waals surface area contributed by atoms with Gasteiger partial charge in [0.25, 0.3) is 11.5 Å². The molecule has 0 aromatic carbocycles. The second-order valence-corrected chi connectivity index (χ2v) is 8.03. The summed E-state index contributed by atoms with van der Waals surface area (Å²) < 4.78 is 69.8. The van der Waals surface area contributed by atoms with E-state index in [0.29, 0.717) is 21.7 Å². The molecule has 3 rings (SSSR count). The number of piperidine rings is 1. The summed E-state index contributed by atoms with van der Waals surface area (Å²) in [5.41, 5.74) is -2.79. The first-order valence-electron chi connectivity index (χ1n) is 10.2. The van der Waals surface area contributed by atoms with E-state index in [4.69, 9.17) is 0 Å². The number of amides is 3. The van der Waals surface area contributed by atoms with Gasteiger partial charge in [0.1, 0.15) is 17.5 Å². The van der Waals surface area contributed by atoms with Crippen molar-refractivity contribution in [3.05, 3.63) is 40.6 Å². The molecule has 0 spiro atoms. The number of carbonyl (C=O) groups excluding carboxylic acids is 2. The van der Waals surface area contributed by atoms with Crippen molar-refractivity contribution >= 4 is 29.3 Å². The zero-order valence-corrected chi connectivity index (χ0v) is 18.9. The first-order chi connectivity index (χ1) is 16.2. The lowest BCUT2D eigenvalue weighted by Gasteiger charge is -2.42. The molecule has 1 saturated heterocycles. The average Bonchev–Trinajstić information content (AvgIpc) is 2.75. The Bertz CT molecular complexity index is 1170. The summed E-state index contributed by atoms with van der Waals surface area (Å²) in [6.07, 6.45) is -1.97. The van der Waals surface area contributed by atoms with E-state index in [-0.39, 0.29) is 30.5 Å². The van der Waals surface area contributed by atoms with Crippen molar-refractivity contribution in [1.29, 1.82) is 0 Å². The lowest BCUT2D eigenvalue weighted by molar-refractivity contribution is -0.138. The van der Waals surface area contributed by atoms with Crippen molar-refractivity contribution in [3.8, 4) is 0 Å². The molecular formula is C20H22F5N7O3. The second-order valence-electron chi connectivity index (χ2n) is 8.03. The van der Waals surface area contributed by atoms with Gasteiger partial charge in [0.05, 0.1) is 24.5 Å². The van der Waals surface area contributed by atoms with Gasteiger partial charge in [0.2, 0.25) is 5.91 Å². The lowest BCUT2D eigenvalue weighted by atomic mass is 9.99. The Morgan fingerprint density at radius 2 is 1.89 bits per heavy atom. The molecule has 10 nitrogen and oxygen atoms in total. The molecule has 3 amide bonds. The number of halogens is 5. The number of alkyl halides is 5. The Hall–Kier alpha value is -3.78. The summed E-state index contributed by atoms with van der Waals surface area (Å²) >= 11 is 0. The average molecular weight is 503 g/mol. The lowest BCUT2D eigenvalue weighted by Crippen LogP contribution is -2.59. The standard InChI is InChI=1S/C20H22F5N7O3/c1-11(33)28-15-7-27-16(8-26-15)32-5-4-14(19(21,22)10-32)31(3)18(35)29-13-6-12(20(23,24)25)9-30(2)17(13)34/h6-9,14H,4-5,10H2,1-3H3,(H,29,35)(H,26,28,33)/t14-/m0/s1. The van der Waals surface area contributed by atoms with Gasteiger partial charge in [-0.1, -0.05) is 0 Å². The molecule has 2 aromatic heterocycles. The fourth-order valence-corrected chi connectivity index (χ4v) is 3.63. The minimum absolute atomic E-state index is 0.0668. The van der Waals surface area contributed by atoms with Crippen LogP contribution in [-0.4, -0.2) is 63.5 Å². The summed E-state index contributed by atoms with van der Waals surface area (Å²) in [6, 6.07) is -2.29. The molecule has 1 atom stereocenters. The van der Waals surface area contributed by atoms with Crippen LogP contribution in [-0.2, 0) is 18.0 Å². The van der Waals surface area contributed by atoms with Crippen LogP contribution in [0.25, 0.3) is 0 Å². The summed E-state index contributed by atoms with van der Waals surface area (Å²) in [5, 5.41) is 4.42. The van der Waals surface area contributed by atoms with Crippen LogP contribution in [0.4, 0.5) is 44.1 Å². The maximum atomic E-state index is 15.0. The van der Waals surface area contributed by atoms with Crippen molar-refractivity contribution in [2.75, 3.05) is 35.7 Å². The van der Waals surface area contributed by atoms with Gasteiger partial charge in [-0.05, 0) is 12.5 Å². The highest BCUT2D eigenvalue weighted by atomic mass is 19.4. The zero-order valence-electron chi connectivity index (χ0n) is 18.9. The van der Waals surface area contributed by atoms with Crippen LogP contribution >= 0.6 is 0 Å². The molecule has 190 valence electrons. The van der Waals surface area contributed by atoms with Crippen molar-refractivity contribution < 1.29 is 31.5 Å². The molecule has 0 aliphatic carbocycles. The van der Waals surface area contributed by atoms with Gasteiger partial charge in [-0.25, -0.2) is 23.5 Å². The highest BCUT2D eigenvalue weighted by molar-refractivity contribution is 5.89. The van der Waals surface area contributed by atoms with Crippen LogP contribution < -0.4 is 21.1 Å². The predicted octanol–water partition coefficient (Wildman–Crippen LogP) is 2.53. The Kier molecular flexibility index (Phi) is 6.98.